The first-order valence-corrected chi connectivity index (χ1v) is 9.59. The van der Waals surface area contributed by atoms with Gasteiger partial charge < -0.3 is 10.6 Å². The summed E-state index contributed by atoms with van der Waals surface area (Å²) in [6, 6.07) is -0.494. The molecule has 2 saturated heterocycles. The number of rotatable bonds is 5. The summed E-state index contributed by atoms with van der Waals surface area (Å²) in [6.07, 6.45) is 3.92. The fraction of sp³-hybridized carbons (Fsp3) is 0.929. The van der Waals surface area contributed by atoms with E-state index in [1.165, 1.54) is 4.31 Å². The molecule has 0 aromatic carbocycles. The number of sulfonamides is 1. The summed E-state index contributed by atoms with van der Waals surface area (Å²) in [5.41, 5.74) is 5.67. The minimum atomic E-state index is -3.32. The van der Waals surface area contributed by atoms with Gasteiger partial charge in [0, 0.05) is 19.6 Å². The third-order valence-electron chi connectivity index (χ3n) is 4.49. The van der Waals surface area contributed by atoms with Crippen LogP contribution in [0.15, 0.2) is 0 Å². The second kappa shape index (κ2) is 7.07. The molecule has 1 amide bonds. The molecule has 122 valence electrons. The van der Waals surface area contributed by atoms with Crippen molar-refractivity contribution < 1.29 is 13.2 Å². The van der Waals surface area contributed by atoms with Gasteiger partial charge in [-0.05, 0) is 38.1 Å². The summed E-state index contributed by atoms with van der Waals surface area (Å²) in [4.78, 5) is 14.5. The molecule has 2 rings (SSSR count). The molecule has 0 aromatic heterocycles. The smallest absolute Gasteiger partial charge is 0.241 e. The van der Waals surface area contributed by atoms with Gasteiger partial charge in [0.1, 0.15) is 6.04 Å². The molecule has 0 spiro atoms. The van der Waals surface area contributed by atoms with Gasteiger partial charge >= 0.3 is 0 Å². The van der Waals surface area contributed by atoms with Gasteiger partial charge in [0.15, 0.2) is 0 Å². The Morgan fingerprint density at radius 1 is 1.24 bits per heavy atom. The third kappa shape index (κ3) is 3.76. The van der Waals surface area contributed by atoms with Crippen molar-refractivity contribution in [2.24, 2.45) is 11.7 Å². The monoisotopic (exact) mass is 317 g/mol. The summed E-state index contributed by atoms with van der Waals surface area (Å²) >= 11 is 0. The van der Waals surface area contributed by atoms with E-state index < -0.39 is 16.1 Å². The Kier molecular flexibility index (Phi) is 5.62. The molecule has 21 heavy (non-hydrogen) atoms. The zero-order valence-corrected chi connectivity index (χ0v) is 13.6. The average molecular weight is 317 g/mol. The highest BCUT2D eigenvalue weighted by Gasteiger charge is 2.39. The second-order valence-electron chi connectivity index (χ2n) is 6.11. The molecule has 2 unspecified atom stereocenters. The summed E-state index contributed by atoms with van der Waals surface area (Å²) in [6.45, 7) is 4.30. The van der Waals surface area contributed by atoms with Crippen LogP contribution in [0.1, 0.15) is 39.0 Å². The molecule has 7 heteroatoms. The Bertz CT molecular complexity index is 466. The van der Waals surface area contributed by atoms with E-state index in [2.05, 4.69) is 0 Å². The van der Waals surface area contributed by atoms with Crippen LogP contribution in [0.4, 0.5) is 0 Å². The molecule has 2 aliphatic rings. The van der Waals surface area contributed by atoms with E-state index in [-0.39, 0.29) is 11.7 Å². The van der Waals surface area contributed by atoms with E-state index in [0.29, 0.717) is 44.9 Å². The molecular formula is C14H27N3O3S. The van der Waals surface area contributed by atoms with E-state index in [4.69, 9.17) is 5.73 Å². The van der Waals surface area contributed by atoms with Gasteiger partial charge in [-0.3, -0.25) is 4.79 Å². The number of hydrogen-bond acceptors (Lipinski definition) is 4. The zero-order chi connectivity index (χ0) is 15.5. The van der Waals surface area contributed by atoms with Gasteiger partial charge in [0.05, 0.1) is 5.75 Å². The van der Waals surface area contributed by atoms with Gasteiger partial charge in [-0.15, -0.1) is 0 Å². The minimum absolute atomic E-state index is 0.0228. The molecule has 0 radical (unpaired) electrons. The highest BCUT2D eigenvalue weighted by atomic mass is 32.2. The van der Waals surface area contributed by atoms with Gasteiger partial charge in [0.25, 0.3) is 0 Å². The lowest BCUT2D eigenvalue weighted by Gasteiger charge is -2.35. The van der Waals surface area contributed by atoms with Crippen molar-refractivity contribution in [1.29, 1.82) is 0 Å². The topological polar surface area (TPSA) is 83.7 Å². The maximum atomic E-state index is 12.7. The zero-order valence-electron chi connectivity index (χ0n) is 12.8. The highest BCUT2D eigenvalue weighted by Crippen LogP contribution is 2.25. The van der Waals surface area contributed by atoms with Crippen LogP contribution in [0.25, 0.3) is 0 Å². The molecule has 0 aromatic rings. The van der Waals surface area contributed by atoms with Crippen molar-refractivity contribution in [3.8, 4) is 0 Å². The van der Waals surface area contributed by atoms with Crippen molar-refractivity contribution in [2.75, 3.05) is 31.9 Å². The number of hydrogen-bond donors (Lipinski definition) is 1. The molecule has 2 atom stereocenters. The van der Waals surface area contributed by atoms with Gasteiger partial charge in [0.2, 0.25) is 15.9 Å². The van der Waals surface area contributed by atoms with Crippen LogP contribution in [-0.2, 0) is 14.8 Å². The third-order valence-corrected chi connectivity index (χ3v) is 6.56. The Morgan fingerprint density at radius 2 is 2.00 bits per heavy atom. The van der Waals surface area contributed by atoms with Crippen molar-refractivity contribution in [1.82, 2.24) is 9.21 Å². The Balaban J connectivity index is 2.10. The Morgan fingerprint density at radius 3 is 2.62 bits per heavy atom. The summed E-state index contributed by atoms with van der Waals surface area (Å²) < 4.78 is 26.2. The SMILES string of the molecule is CCCS(=O)(=O)N1CCCCC1C(=O)N1CCC(CN)C1. The van der Waals surface area contributed by atoms with Gasteiger partial charge in [-0.2, -0.15) is 4.31 Å². The van der Waals surface area contributed by atoms with Crippen LogP contribution >= 0.6 is 0 Å². The quantitative estimate of drug-likeness (QED) is 0.795. The highest BCUT2D eigenvalue weighted by molar-refractivity contribution is 7.89. The summed E-state index contributed by atoms with van der Waals surface area (Å²) in [5.74, 6) is 0.464. The Hall–Kier alpha value is -0.660. The van der Waals surface area contributed by atoms with Crippen LogP contribution in [0, 0.1) is 5.92 Å². The van der Waals surface area contributed by atoms with E-state index in [0.717, 1.165) is 19.3 Å². The normalized spacial score (nSPS) is 28.0. The number of likely N-dealkylation sites (tertiary alicyclic amines) is 1. The first-order chi connectivity index (χ1) is 9.99. The van der Waals surface area contributed by atoms with E-state index in [1.54, 1.807) is 0 Å². The number of nitrogens with two attached hydrogens (primary N) is 1. The minimum Gasteiger partial charge on any atom is -0.341 e. The number of carbonyl (C=O) groups is 1. The van der Waals surface area contributed by atoms with Crippen LogP contribution < -0.4 is 5.73 Å². The molecule has 2 heterocycles. The molecule has 0 saturated carbocycles. The van der Waals surface area contributed by atoms with Crippen molar-refractivity contribution >= 4 is 15.9 Å². The van der Waals surface area contributed by atoms with E-state index in [1.807, 2.05) is 11.8 Å². The van der Waals surface area contributed by atoms with Crippen LogP contribution in [-0.4, -0.2) is 61.5 Å². The molecule has 2 aliphatic heterocycles. The van der Waals surface area contributed by atoms with Crippen LogP contribution in [0.5, 0.6) is 0 Å². The van der Waals surface area contributed by atoms with Crippen molar-refractivity contribution in [3.63, 3.8) is 0 Å². The van der Waals surface area contributed by atoms with Gasteiger partial charge in [-0.1, -0.05) is 13.3 Å². The maximum Gasteiger partial charge on any atom is 0.241 e. The van der Waals surface area contributed by atoms with Crippen molar-refractivity contribution in [3.05, 3.63) is 0 Å². The molecule has 6 nitrogen and oxygen atoms in total. The van der Waals surface area contributed by atoms with Crippen LogP contribution in [0.2, 0.25) is 0 Å². The predicted octanol–water partition coefficient (Wildman–Crippen LogP) is 0.388. The lowest BCUT2D eigenvalue weighted by molar-refractivity contribution is -0.135. The van der Waals surface area contributed by atoms with E-state index in [9.17, 15) is 13.2 Å². The molecule has 2 N–H and O–H groups in total. The number of piperidine rings is 1. The van der Waals surface area contributed by atoms with Crippen LogP contribution in [0.3, 0.4) is 0 Å². The standard InChI is InChI=1S/C14H27N3O3S/c1-2-9-21(19,20)17-7-4-3-5-13(17)14(18)16-8-6-12(10-15)11-16/h12-13H,2-11,15H2,1H3. The molecule has 0 aliphatic carbocycles. The molecule has 2 fully saturated rings. The number of nitrogens with zero attached hydrogens (tertiary/aromatic N) is 2. The van der Waals surface area contributed by atoms with E-state index >= 15 is 0 Å². The lowest BCUT2D eigenvalue weighted by Crippen LogP contribution is -2.53. The summed E-state index contributed by atoms with van der Waals surface area (Å²) in [5, 5.41) is 0. The van der Waals surface area contributed by atoms with Gasteiger partial charge in [-0.25, -0.2) is 8.42 Å². The first-order valence-electron chi connectivity index (χ1n) is 7.98. The Labute approximate surface area is 127 Å². The fourth-order valence-corrected chi connectivity index (χ4v) is 5.04. The molecular weight excluding hydrogens is 290 g/mol. The fourth-order valence-electron chi connectivity index (χ4n) is 3.30. The molecule has 0 bridgehead atoms. The number of carbonyl (C=O) groups excluding carboxylic acids is 1. The lowest BCUT2D eigenvalue weighted by atomic mass is 10.0. The first kappa shape index (κ1) is 16.7. The maximum absolute atomic E-state index is 12.7. The second-order valence-corrected chi connectivity index (χ2v) is 8.15. The predicted molar refractivity (Wildman–Crippen MR) is 82.2 cm³/mol. The largest absolute Gasteiger partial charge is 0.341 e. The number of amides is 1. The van der Waals surface area contributed by atoms with Crippen molar-refractivity contribution in [2.45, 2.75) is 45.1 Å². The summed E-state index contributed by atoms with van der Waals surface area (Å²) in [7, 11) is -3.32. The average Bonchev–Trinajstić information content (AvgIpc) is 2.95.